The summed E-state index contributed by atoms with van der Waals surface area (Å²) in [6.07, 6.45) is 1.67. The average molecular weight is 645 g/mol. The Morgan fingerprint density at radius 2 is 1.82 bits per heavy atom. The van der Waals surface area contributed by atoms with E-state index in [0.717, 1.165) is 86.8 Å². The first kappa shape index (κ1) is 32.7. The van der Waals surface area contributed by atoms with Crippen LogP contribution in [0.25, 0.3) is 22.7 Å². The summed E-state index contributed by atoms with van der Waals surface area (Å²) < 4.78 is 41.7. The number of hydrogen-bond donors (Lipinski definition) is 2. The SMILES string of the molecule is CCn1c(=O)/c(=C/Nc2ccc3c(c2)c(CN2CCN(C)CC2)cn3CCN2CCCC2)s/c1=C(\C#N)C(=O)NCC(F)(F)F. The zero-order valence-electron chi connectivity index (χ0n) is 25.6. The van der Waals surface area contributed by atoms with Crippen molar-refractivity contribution in [3.8, 4) is 6.07 Å². The standard InChI is InChI=1S/C31H39F3N8O2S/c1-3-42-29(44)27(45-30(42)25(17-35)28(43)37-21-31(32,33)34)18-36-23-6-7-26-24(16-23)22(19-40-12-10-38(2)11-13-40)20-41(26)15-14-39-8-4-5-9-39/h6-7,16,18,20,36H,3-5,8-15,19,21H2,1-2H3,(H,37,43)/b27-18-,30-25+. The summed E-state index contributed by atoms with van der Waals surface area (Å²) in [5.74, 6) is -1.18. The van der Waals surface area contributed by atoms with Crippen LogP contribution < -0.4 is 25.4 Å². The molecule has 3 aromatic rings. The van der Waals surface area contributed by atoms with Crippen LogP contribution in [0.15, 0.2) is 29.2 Å². The highest BCUT2D eigenvalue weighted by molar-refractivity contribution is 7.07. The molecule has 2 aromatic heterocycles. The lowest BCUT2D eigenvalue weighted by Crippen LogP contribution is -2.43. The molecule has 2 aliphatic rings. The lowest BCUT2D eigenvalue weighted by atomic mass is 10.1. The summed E-state index contributed by atoms with van der Waals surface area (Å²) in [7, 11) is 2.14. The Balaban J connectivity index is 1.44. The molecular formula is C31H39F3N8O2S. The van der Waals surface area contributed by atoms with Gasteiger partial charge in [0.15, 0.2) is 5.57 Å². The van der Waals surface area contributed by atoms with Crippen molar-refractivity contribution >= 4 is 45.6 Å². The van der Waals surface area contributed by atoms with Gasteiger partial charge in [0.05, 0.1) is 0 Å². The lowest BCUT2D eigenvalue weighted by molar-refractivity contribution is -0.135. The number of hydrogen-bond acceptors (Lipinski definition) is 8. The van der Waals surface area contributed by atoms with Crippen LogP contribution in [0.1, 0.15) is 25.3 Å². The van der Waals surface area contributed by atoms with E-state index >= 15 is 0 Å². The number of nitrogens with zero attached hydrogens (tertiary/aromatic N) is 6. The van der Waals surface area contributed by atoms with Gasteiger partial charge in [0.25, 0.3) is 11.5 Å². The Kier molecular flexibility index (Phi) is 10.3. The third-order valence-electron chi connectivity index (χ3n) is 8.41. The van der Waals surface area contributed by atoms with Crippen LogP contribution in [0.4, 0.5) is 18.9 Å². The van der Waals surface area contributed by atoms with Crippen molar-refractivity contribution in [2.45, 2.75) is 45.6 Å². The molecule has 0 atom stereocenters. The van der Waals surface area contributed by atoms with Crippen molar-refractivity contribution in [1.82, 2.24) is 29.2 Å². The number of carbonyl (C=O) groups excluding carboxylic acids is 1. The summed E-state index contributed by atoms with van der Waals surface area (Å²) in [4.78, 5) is 32.9. The molecule has 0 unspecified atom stereocenters. The maximum atomic E-state index is 13.1. The number of rotatable bonds is 10. The molecule has 0 saturated carbocycles. The first-order chi connectivity index (χ1) is 21.6. The molecule has 242 valence electrons. The number of carbonyl (C=O) groups is 1. The summed E-state index contributed by atoms with van der Waals surface area (Å²) in [6.45, 7) is 9.35. The third-order valence-corrected chi connectivity index (χ3v) is 9.54. The topological polar surface area (TPSA) is 102 Å². The smallest absolute Gasteiger partial charge is 0.360 e. The fourth-order valence-corrected chi connectivity index (χ4v) is 6.97. The maximum Gasteiger partial charge on any atom is 0.405 e. The molecule has 0 radical (unpaired) electrons. The summed E-state index contributed by atoms with van der Waals surface area (Å²) in [5.41, 5.74) is 2.18. The number of anilines is 1. The van der Waals surface area contributed by atoms with Gasteiger partial charge in [0.2, 0.25) is 0 Å². The first-order valence-corrected chi connectivity index (χ1v) is 16.1. The van der Waals surface area contributed by atoms with Crippen molar-refractivity contribution in [3.63, 3.8) is 0 Å². The number of halogens is 3. The number of piperazine rings is 1. The van der Waals surface area contributed by atoms with Gasteiger partial charge in [0.1, 0.15) is 21.8 Å². The Morgan fingerprint density at radius 3 is 2.49 bits per heavy atom. The van der Waals surface area contributed by atoms with E-state index in [9.17, 15) is 28.0 Å². The zero-order valence-corrected chi connectivity index (χ0v) is 26.4. The highest BCUT2D eigenvalue weighted by Crippen LogP contribution is 2.27. The summed E-state index contributed by atoms with van der Waals surface area (Å²) in [5, 5.41) is 15.7. The van der Waals surface area contributed by atoms with Crippen molar-refractivity contribution < 1.29 is 18.0 Å². The molecule has 4 heterocycles. The van der Waals surface area contributed by atoms with Crippen molar-refractivity contribution in [3.05, 3.63) is 49.5 Å². The molecule has 5 rings (SSSR count). The Bertz CT molecular complexity index is 1740. The van der Waals surface area contributed by atoms with Crippen molar-refractivity contribution in [2.75, 3.05) is 64.7 Å². The third kappa shape index (κ3) is 7.96. The van der Waals surface area contributed by atoms with E-state index in [1.54, 1.807) is 18.3 Å². The fraction of sp³-hybridized carbons (Fsp3) is 0.516. The predicted molar refractivity (Wildman–Crippen MR) is 170 cm³/mol. The zero-order chi connectivity index (χ0) is 32.1. The van der Waals surface area contributed by atoms with E-state index in [1.807, 2.05) is 6.07 Å². The number of likely N-dealkylation sites (N-methyl/N-ethyl adjacent to an activating group) is 1. The maximum absolute atomic E-state index is 13.1. The minimum absolute atomic E-state index is 0.0118. The number of thiazole rings is 1. The summed E-state index contributed by atoms with van der Waals surface area (Å²) >= 11 is 0.889. The van der Waals surface area contributed by atoms with Crippen molar-refractivity contribution in [1.29, 1.82) is 5.26 Å². The van der Waals surface area contributed by atoms with E-state index < -0.39 is 29.8 Å². The molecule has 45 heavy (non-hydrogen) atoms. The van der Waals surface area contributed by atoms with Gasteiger partial charge in [0, 0.05) is 81.3 Å². The number of fused-ring (bicyclic) bond motifs is 1. The van der Waals surface area contributed by atoms with Crippen LogP contribution in [-0.2, 0) is 24.4 Å². The van der Waals surface area contributed by atoms with Gasteiger partial charge in [-0.25, -0.2) is 0 Å². The van der Waals surface area contributed by atoms with E-state index in [1.165, 1.54) is 29.2 Å². The molecule has 2 fully saturated rings. The fourth-order valence-electron chi connectivity index (χ4n) is 5.88. The number of aromatic nitrogens is 2. The number of alkyl halides is 3. The second-order valence-electron chi connectivity index (χ2n) is 11.6. The lowest BCUT2D eigenvalue weighted by Gasteiger charge is -2.32. The van der Waals surface area contributed by atoms with Gasteiger partial charge in [-0.15, -0.1) is 11.3 Å². The largest absolute Gasteiger partial charge is 0.405 e. The predicted octanol–water partition coefficient (Wildman–Crippen LogP) is 1.93. The Hall–Kier alpha value is -3.64. The quantitative estimate of drug-likeness (QED) is 0.348. The number of nitrogens with one attached hydrogen (secondary N) is 2. The van der Waals surface area contributed by atoms with Crippen LogP contribution in [-0.4, -0.2) is 95.3 Å². The molecule has 0 bridgehead atoms. The van der Waals surface area contributed by atoms with Crippen LogP contribution in [0.3, 0.4) is 0 Å². The van der Waals surface area contributed by atoms with E-state index in [2.05, 4.69) is 50.0 Å². The molecule has 2 aliphatic heterocycles. The Labute approximate surface area is 263 Å². The van der Waals surface area contributed by atoms with Crippen molar-refractivity contribution in [2.24, 2.45) is 0 Å². The van der Waals surface area contributed by atoms with Crippen LogP contribution in [0, 0.1) is 11.3 Å². The van der Waals surface area contributed by atoms with E-state index in [0.29, 0.717) is 0 Å². The van der Waals surface area contributed by atoms with E-state index in [-0.39, 0.29) is 15.7 Å². The molecular weight excluding hydrogens is 605 g/mol. The highest BCUT2D eigenvalue weighted by atomic mass is 32.1. The molecule has 10 nitrogen and oxygen atoms in total. The van der Waals surface area contributed by atoms with Crippen LogP contribution in [0.2, 0.25) is 0 Å². The first-order valence-electron chi connectivity index (χ1n) is 15.3. The molecule has 14 heteroatoms. The minimum Gasteiger partial charge on any atom is -0.360 e. The van der Waals surface area contributed by atoms with Gasteiger partial charge >= 0.3 is 6.18 Å². The number of benzene rings is 1. The second kappa shape index (κ2) is 14.2. The van der Waals surface area contributed by atoms with Gasteiger partial charge < -0.3 is 25.0 Å². The highest BCUT2D eigenvalue weighted by Gasteiger charge is 2.29. The molecule has 2 saturated heterocycles. The van der Waals surface area contributed by atoms with Crippen LogP contribution >= 0.6 is 11.3 Å². The molecule has 2 N–H and O–H groups in total. The van der Waals surface area contributed by atoms with Gasteiger partial charge in [-0.1, -0.05) is 0 Å². The molecule has 0 aliphatic carbocycles. The van der Waals surface area contributed by atoms with E-state index in [4.69, 9.17) is 0 Å². The number of likely N-dealkylation sites (tertiary alicyclic amines) is 1. The molecule has 1 aromatic carbocycles. The normalized spacial score (nSPS) is 18.0. The van der Waals surface area contributed by atoms with Gasteiger partial charge in [-0.2, -0.15) is 18.4 Å². The Morgan fingerprint density at radius 1 is 1.09 bits per heavy atom. The monoisotopic (exact) mass is 644 g/mol. The molecule has 0 spiro atoms. The minimum atomic E-state index is -4.63. The number of amides is 1. The second-order valence-corrected chi connectivity index (χ2v) is 12.6. The van der Waals surface area contributed by atoms with Gasteiger partial charge in [-0.3, -0.25) is 19.1 Å². The van der Waals surface area contributed by atoms with Gasteiger partial charge in [-0.05, 0) is 63.7 Å². The summed E-state index contributed by atoms with van der Waals surface area (Å²) in [6, 6.07) is 7.79. The molecule has 1 amide bonds. The number of nitriles is 1. The average Bonchev–Trinajstić information content (AvgIpc) is 3.73. The van der Waals surface area contributed by atoms with Crippen LogP contribution in [0.5, 0.6) is 0 Å².